The second-order valence-electron chi connectivity index (χ2n) is 7.85. The van der Waals surface area contributed by atoms with Crippen molar-refractivity contribution < 1.29 is 9.53 Å². The zero-order chi connectivity index (χ0) is 21.5. The predicted octanol–water partition coefficient (Wildman–Crippen LogP) is 5.14. The molecule has 0 saturated heterocycles. The lowest BCUT2D eigenvalue weighted by Gasteiger charge is -2.10. The van der Waals surface area contributed by atoms with Crippen LogP contribution >= 0.6 is 11.3 Å². The number of thiazole rings is 1. The standard InChI is InChI=1S/C25H20N4O2S/c30-23(15-31-18-13-12-16-6-1-2-7-17(16)14-18)27-24-19-8-5-10-20(19)28-29(24)25-26-21-9-3-4-11-22(21)32-25/h1-4,6-7,9,11-14H,5,8,10,15H2,(H,27,30). The van der Waals surface area contributed by atoms with Crippen molar-refractivity contribution in [3.05, 3.63) is 78.0 Å². The molecule has 0 fully saturated rings. The summed E-state index contributed by atoms with van der Waals surface area (Å²) in [6.07, 6.45) is 2.87. The maximum Gasteiger partial charge on any atom is 0.263 e. The number of aromatic nitrogens is 3. The van der Waals surface area contributed by atoms with Crippen molar-refractivity contribution in [3.8, 4) is 10.9 Å². The van der Waals surface area contributed by atoms with E-state index in [9.17, 15) is 4.79 Å². The van der Waals surface area contributed by atoms with E-state index in [0.29, 0.717) is 11.6 Å². The molecule has 1 amide bonds. The zero-order valence-corrected chi connectivity index (χ0v) is 18.1. The molecule has 1 aliphatic rings. The molecule has 1 aliphatic carbocycles. The number of aryl methyl sites for hydroxylation is 1. The van der Waals surface area contributed by atoms with Crippen LogP contribution in [0.1, 0.15) is 17.7 Å². The molecule has 158 valence electrons. The van der Waals surface area contributed by atoms with Gasteiger partial charge >= 0.3 is 0 Å². The van der Waals surface area contributed by atoms with Gasteiger partial charge in [0, 0.05) is 5.56 Å². The molecular formula is C25H20N4O2S. The van der Waals surface area contributed by atoms with Gasteiger partial charge in [-0.25, -0.2) is 4.98 Å². The van der Waals surface area contributed by atoms with Crippen LogP contribution in [-0.2, 0) is 17.6 Å². The van der Waals surface area contributed by atoms with E-state index in [1.54, 1.807) is 16.0 Å². The Labute approximate surface area is 188 Å². The molecule has 1 N–H and O–H groups in total. The van der Waals surface area contributed by atoms with Gasteiger partial charge in [0.05, 0.1) is 15.9 Å². The molecule has 32 heavy (non-hydrogen) atoms. The van der Waals surface area contributed by atoms with Crippen molar-refractivity contribution in [2.24, 2.45) is 0 Å². The fourth-order valence-electron chi connectivity index (χ4n) is 4.18. The summed E-state index contributed by atoms with van der Waals surface area (Å²) in [7, 11) is 0. The molecule has 6 nitrogen and oxygen atoms in total. The molecule has 6 rings (SSSR count). The van der Waals surface area contributed by atoms with Gasteiger partial charge in [0.25, 0.3) is 5.91 Å². The van der Waals surface area contributed by atoms with Gasteiger partial charge < -0.3 is 10.1 Å². The Morgan fingerprint density at radius 2 is 1.88 bits per heavy atom. The van der Waals surface area contributed by atoms with Gasteiger partial charge in [0.2, 0.25) is 5.13 Å². The van der Waals surface area contributed by atoms with Gasteiger partial charge in [-0.3, -0.25) is 4.79 Å². The number of nitrogens with zero attached hydrogens (tertiary/aromatic N) is 3. The number of anilines is 1. The highest BCUT2D eigenvalue weighted by Gasteiger charge is 2.25. The van der Waals surface area contributed by atoms with E-state index >= 15 is 0 Å². The van der Waals surface area contributed by atoms with Crippen LogP contribution < -0.4 is 10.1 Å². The second kappa shape index (κ2) is 7.76. The molecule has 0 spiro atoms. The second-order valence-corrected chi connectivity index (χ2v) is 8.86. The van der Waals surface area contributed by atoms with Crippen LogP contribution in [0.3, 0.4) is 0 Å². The van der Waals surface area contributed by atoms with Crippen molar-refractivity contribution in [2.45, 2.75) is 19.3 Å². The molecule has 2 heterocycles. The highest BCUT2D eigenvalue weighted by Crippen LogP contribution is 2.33. The number of rotatable bonds is 5. The monoisotopic (exact) mass is 440 g/mol. The molecular weight excluding hydrogens is 420 g/mol. The number of ether oxygens (including phenoxy) is 1. The van der Waals surface area contributed by atoms with Crippen LogP contribution in [0.5, 0.6) is 5.75 Å². The van der Waals surface area contributed by atoms with Crippen LogP contribution in [0, 0.1) is 0 Å². The number of benzene rings is 3. The van der Waals surface area contributed by atoms with Gasteiger partial charge in [-0.15, -0.1) is 0 Å². The first-order valence-electron chi connectivity index (χ1n) is 10.6. The van der Waals surface area contributed by atoms with E-state index < -0.39 is 0 Å². The molecule has 2 aromatic heterocycles. The molecule has 7 heteroatoms. The fourth-order valence-corrected chi connectivity index (χ4v) is 5.11. The van der Waals surface area contributed by atoms with E-state index in [2.05, 4.69) is 11.4 Å². The Morgan fingerprint density at radius 1 is 1.03 bits per heavy atom. The first-order valence-corrected chi connectivity index (χ1v) is 11.4. The van der Waals surface area contributed by atoms with E-state index in [-0.39, 0.29) is 12.5 Å². The third kappa shape index (κ3) is 3.40. The number of nitrogens with one attached hydrogen (secondary N) is 1. The molecule has 0 radical (unpaired) electrons. The summed E-state index contributed by atoms with van der Waals surface area (Å²) in [5.41, 5.74) is 3.07. The minimum Gasteiger partial charge on any atom is -0.484 e. The van der Waals surface area contributed by atoms with Crippen molar-refractivity contribution in [2.75, 3.05) is 11.9 Å². The Hall–Kier alpha value is -3.71. The smallest absolute Gasteiger partial charge is 0.263 e. The van der Waals surface area contributed by atoms with Crippen molar-refractivity contribution in [1.29, 1.82) is 0 Å². The minimum absolute atomic E-state index is 0.0713. The fraction of sp³-hybridized carbons (Fsp3) is 0.160. The maximum atomic E-state index is 12.8. The quantitative estimate of drug-likeness (QED) is 0.411. The first-order chi connectivity index (χ1) is 15.7. The average molecular weight is 441 g/mol. The van der Waals surface area contributed by atoms with Crippen LogP contribution in [0.15, 0.2) is 66.7 Å². The number of hydrogen-bond donors (Lipinski definition) is 1. The van der Waals surface area contributed by atoms with E-state index in [1.165, 1.54) is 0 Å². The van der Waals surface area contributed by atoms with E-state index in [4.69, 9.17) is 14.8 Å². The maximum absolute atomic E-state index is 12.8. The molecule has 0 saturated carbocycles. The van der Waals surface area contributed by atoms with Crippen LogP contribution in [0.4, 0.5) is 5.82 Å². The normalized spacial score (nSPS) is 12.9. The van der Waals surface area contributed by atoms with Gasteiger partial charge in [-0.2, -0.15) is 9.78 Å². The number of hydrogen-bond acceptors (Lipinski definition) is 5. The first kappa shape index (κ1) is 19.0. The Morgan fingerprint density at radius 3 is 2.78 bits per heavy atom. The van der Waals surface area contributed by atoms with Crippen LogP contribution in [-0.4, -0.2) is 27.3 Å². The zero-order valence-electron chi connectivity index (χ0n) is 17.2. The van der Waals surface area contributed by atoms with E-state index in [0.717, 1.165) is 56.6 Å². The highest BCUT2D eigenvalue weighted by molar-refractivity contribution is 7.20. The lowest BCUT2D eigenvalue weighted by atomic mass is 10.1. The minimum atomic E-state index is -0.213. The van der Waals surface area contributed by atoms with Crippen molar-refractivity contribution in [3.63, 3.8) is 0 Å². The van der Waals surface area contributed by atoms with Crippen LogP contribution in [0.25, 0.3) is 26.1 Å². The van der Waals surface area contributed by atoms with Crippen LogP contribution in [0.2, 0.25) is 0 Å². The Kier molecular flexibility index (Phi) is 4.61. The molecule has 0 atom stereocenters. The lowest BCUT2D eigenvalue weighted by molar-refractivity contribution is -0.118. The SMILES string of the molecule is O=C(COc1ccc2ccccc2c1)Nc1c2c(nn1-c1nc3ccccc3s1)CCC2. The molecule has 5 aromatic rings. The summed E-state index contributed by atoms with van der Waals surface area (Å²) in [6.45, 7) is -0.0713. The number of carbonyl (C=O) groups is 1. The predicted molar refractivity (Wildman–Crippen MR) is 127 cm³/mol. The van der Waals surface area contributed by atoms with Gasteiger partial charge in [0.15, 0.2) is 6.61 Å². The summed E-state index contributed by atoms with van der Waals surface area (Å²) in [5, 5.41) is 10.8. The Balaban J connectivity index is 1.25. The summed E-state index contributed by atoms with van der Waals surface area (Å²) in [5.74, 6) is 1.17. The van der Waals surface area contributed by atoms with Gasteiger partial charge in [-0.05, 0) is 54.3 Å². The Bertz CT molecular complexity index is 1440. The third-order valence-electron chi connectivity index (χ3n) is 5.72. The van der Waals surface area contributed by atoms with E-state index in [1.807, 2.05) is 60.7 Å². The molecule has 0 aliphatic heterocycles. The van der Waals surface area contributed by atoms with Gasteiger partial charge in [-0.1, -0.05) is 53.8 Å². The third-order valence-corrected chi connectivity index (χ3v) is 6.73. The van der Waals surface area contributed by atoms with Crippen molar-refractivity contribution >= 4 is 44.1 Å². The highest BCUT2D eigenvalue weighted by atomic mass is 32.1. The summed E-state index contributed by atoms with van der Waals surface area (Å²) in [6, 6.07) is 21.9. The van der Waals surface area contributed by atoms with Gasteiger partial charge in [0.1, 0.15) is 11.6 Å². The topological polar surface area (TPSA) is 69.0 Å². The largest absolute Gasteiger partial charge is 0.484 e. The summed E-state index contributed by atoms with van der Waals surface area (Å²) >= 11 is 1.57. The lowest BCUT2D eigenvalue weighted by Crippen LogP contribution is -2.22. The number of amides is 1. The molecule has 0 unspecified atom stereocenters. The number of fused-ring (bicyclic) bond motifs is 3. The number of para-hydroxylation sites is 1. The number of carbonyl (C=O) groups excluding carboxylic acids is 1. The summed E-state index contributed by atoms with van der Waals surface area (Å²) in [4.78, 5) is 17.5. The summed E-state index contributed by atoms with van der Waals surface area (Å²) < 4.78 is 8.66. The molecule has 0 bridgehead atoms. The average Bonchev–Trinajstić information content (AvgIpc) is 3.53. The molecule has 3 aromatic carbocycles. The van der Waals surface area contributed by atoms with Crippen molar-refractivity contribution in [1.82, 2.24) is 14.8 Å².